The van der Waals surface area contributed by atoms with E-state index in [1.165, 1.54) is 0 Å². The van der Waals surface area contributed by atoms with Crippen LogP contribution in [0.3, 0.4) is 0 Å². The van der Waals surface area contributed by atoms with Gasteiger partial charge < -0.3 is 15.2 Å². The van der Waals surface area contributed by atoms with Crippen molar-refractivity contribution in [2.24, 2.45) is 0 Å². The minimum absolute atomic E-state index is 0.00513. The Labute approximate surface area is 129 Å². The summed E-state index contributed by atoms with van der Waals surface area (Å²) >= 11 is 2.90. The quantitative estimate of drug-likeness (QED) is 0.776. The molecule has 1 unspecified atom stereocenters. The fourth-order valence-electron chi connectivity index (χ4n) is 1.65. The molecule has 2 aromatic carbocycles. The van der Waals surface area contributed by atoms with E-state index in [1.54, 1.807) is 12.1 Å². The van der Waals surface area contributed by atoms with Gasteiger partial charge in [-0.3, -0.25) is 0 Å². The Hall–Kier alpha value is -1.66. The predicted octanol–water partition coefficient (Wildman–Crippen LogP) is 3.58. The molecule has 2 N–H and O–H groups in total. The van der Waals surface area contributed by atoms with Crippen LogP contribution in [0.2, 0.25) is 0 Å². The highest BCUT2D eigenvalue weighted by molar-refractivity contribution is 9.10. The van der Waals surface area contributed by atoms with Crippen molar-refractivity contribution < 1.29 is 18.6 Å². The van der Waals surface area contributed by atoms with Crippen LogP contribution in [0.25, 0.3) is 0 Å². The predicted molar refractivity (Wildman–Crippen MR) is 80.5 cm³/mol. The molecule has 0 saturated heterocycles. The monoisotopic (exact) mass is 357 g/mol. The van der Waals surface area contributed by atoms with Crippen LogP contribution < -0.4 is 10.1 Å². The lowest BCUT2D eigenvalue weighted by molar-refractivity contribution is 0.117. The molecule has 1 atom stereocenters. The van der Waals surface area contributed by atoms with E-state index in [1.807, 2.05) is 18.2 Å². The van der Waals surface area contributed by atoms with Gasteiger partial charge in [0, 0.05) is 12.6 Å². The van der Waals surface area contributed by atoms with Crippen LogP contribution in [-0.4, -0.2) is 24.4 Å². The summed E-state index contributed by atoms with van der Waals surface area (Å²) in [4.78, 5) is 0. The number of benzene rings is 2. The third-order valence-corrected chi connectivity index (χ3v) is 3.33. The zero-order valence-corrected chi connectivity index (χ0v) is 12.6. The maximum absolute atomic E-state index is 13.6. The van der Waals surface area contributed by atoms with E-state index in [2.05, 4.69) is 21.2 Å². The Balaban J connectivity index is 1.84. The number of nitrogens with one attached hydrogen (secondary N) is 1. The SMILES string of the molecule is OC(CNc1cc(F)c(Br)cc1F)COc1ccccc1. The van der Waals surface area contributed by atoms with Gasteiger partial charge in [0.2, 0.25) is 0 Å². The summed E-state index contributed by atoms with van der Waals surface area (Å²) in [5, 5.41) is 12.4. The molecule has 2 aromatic rings. The van der Waals surface area contributed by atoms with Gasteiger partial charge in [0.25, 0.3) is 0 Å². The second-order valence-corrected chi connectivity index (χ2v) is 5.26. The van der Waals surface area contributed by atoms with Crippen molar-refractivity contribution in [1.82, 2.24) is 0 Å². The fraction of sp³-hybridized carbons (Fsp3) is 0.200. The molecule has 3 nitrogen and oxygen atoms in total. The number of ether oxygens (including phenoxy) is 1. The normalized spacial score (nSPS) is 12.0. The molecule has 0 radical (unpaired) electrons. The largest absolute Gasteiger partial charge is 0.491 e. The summed E-state index contributed by atoms with van der Waals surface area (Å²) in [5.41, 5.74) is -0.00513. The smallest absolute Gasteiger partial charge is 0.147 e. The van der Waals surface area contributed by atoms with E-state index in [-0.39, 0.29) is 23.3 Å². The van der Waals surface area contributed by atoms with Crippen molar-refractivity contribution in [1.29, 1.82) is 0 Å². The minimum Gasteiger partial charge on any atom is -0.491 e. The first-order valence-corrected chi connectivity index (χ1v) is 7.10. The Morgan fingerprint density at radius 1 is 1.14 bits per heavy atom. The Morgan fingerprint density at radius 3 is 2.57 bits per heavy atom. The van der Waals surface area contributed by atoms with Gasteiger partial charge in [-0.1, -0.05) is 18.2 Å². The number of aliphatic hydroxyl groups excluding tert-OH is 1. The molecule has 0 aliphatic rings. The van der Waals surface area contributed by atoms with E-state index in [4.69, 9.17) is 4.74 Å². The topological polar surface area (TPSA) is 41.5 Å². The highest BCUT2D eigenvalue weighted by atomic mass is 79.9. The molecule has 0 amide bonds. The molecular formula is C15H14BrF2NO2. The zero-order valence-electron chi connectivity index (χ0n) is 11.0. The summed E-state index contributed by atoms with van der Waals surface area (Å²) in [6.45, 7) is 0.0997. The van der Waals surface area contributed by atoms with Crippen LogP contribution in [-0.2, 0) is 0 Å². The first-order valence-electron chi connectivity index (χ1n) is 6.30. The van der Waals surface area contributed by atoms with Crippen molar-refractivity contribution >= 4 is 21.6 Å². The van der Waals surface area contributed by atoms with E-state index < -0.39 is 17.7 Å². The highest BCUT2D eigenvalue weighted by Gasteiger charge is 2.10. The molecule has 0 fully saturated rings. The van der Waals surface area contributed by atoms with Gasteiger partial charge in [0.15, 0.2) is 0 Å². The van der Waals surface area contributed by atoms with Gasteiger partial charge >= 0.3 is 0 Å². The average Bonchev–Trinajstić information content (AvgIpc) is 2.48. The van der Waals surface area contributed by atoms with Gasteiger partial charge in [-0.15, -0.1) is 0 Å². The van der Waals surface area contributed by atoms with Crippen molar-refractivity contribution in [3.05, 3.63) is 58.6 Å². The summed E-state index contributed by atoms with van der Waals surface area (Å²) < 4.78 is 32.3. The van der Waals surface area contributed by atoms with Gasteiger partial charge in [0.1, 0.15) is 30.1 Å². The third kappa shape index (κ3) is 4.68. The number of para-hydroxylation sites is 1. The molecule has 0 aromatic heterocycles. The molecule has 0 aliphatic carbocycles. The third-order valence-electron chi connectivity index (χ3n) is 2.72. The maximum atomic E-state index is 13.6. The van der Waals surface area contributed by atoms with Crippen LogP contribution in [0, 0.1) is 11.6 Å². The molecule has 6 heteroatoms. The number of rotatable bonds is 6. The first-order chi connectivity index (χ1) is 10.1. The number of halogens is 3. The molecule has 0 heterocycles. The van der Waals surface area contributed by atoms with E-state index in [0.29, 0.717) is 5.75 Å². The van der Waals surface area contributed by atoms with Gasteiger partial charge in [-0.25, -0.2) is 8.78 Å². The summed E-state index contributed by atoms with van der Waals surface area (Å²) in [5.74, 6) is -0.536. The summed E-state index contributed by atoms with van der Waals surface area (Å²) in [6.07, 6.45) is -0.851. The molecule has 0 aliphatic heterocycles. The lowest BCUT2D eigenvalue weighted by Gasteiger charge is -2.14. The first kappa shape index (κ1) is 15.7. The number of hydrogen-bond acceptors (Lipinski definition) is 3. The van der Waals surface area contributed by atoms with Gasteiger partial charge in [-0.05, 0) is 34.1 Å². The second-order valence-electron chi connectivity index (χ2n) is 4.40. The zero-order chi connectivity index (χ0) is 15.2. The Kier molecular flexibility index (Phi) is 5.52. The van der Waals surface area contributed by atoms with Gasteiger partial charge in [0.05, 0.1) is 10.2 Å². The molecule has 0 saturated carbocycles. The molecular weight excluding hydrogens is 344 g/mol. The molecule has 2 rings (SSSR count). The lowest BCUT2D eigenvalue weighted by atomic mass is 10.2. The number of aliphatic hydroxyl groups is 1. The average molecular weight is 358 g/mol. The number of hydrogen-bond donors (Lipinski definition) is 2. The molecule has 112 valence electrons. The number of anilines is 1. The Morgan fingerprint density at radius 2 is 1.86 bits per heavy atom. The van der Waals surface area contributed by atoms with Gasteiger partial charge in [-0.2, -0.15) is 0 Å². The molecule has 0 bridgehead atoms. The summed E-state index contributed by atoms with van der Waals surface area (Å²) in [6, 6.07) is 11.1. The van der Waals surface area contributed by atoms with Crippen molar-refractivity contribution in [3.8, 4) is 5.75 Å². The van der Waals surface area contributed by atoms with E-state index in [9.17, 15) is 13.9 Å². The van der Waals surface area contributed by atoms with Crippen LogP contribution in [0.4, 0.5) is 14.5 Å². The maximum Gasteiger partial charge on any atom is 0.147 e. The van der Waals surface area contributed by atoms with E-state index in [0.717, 1.165) is 12.1 Å². The molecule has 21 heavy (non-hydrogen) atoms. The second kappa shape index (κ2) is 7.38. The van der Waals surface area contributed by atoms with Crippen molar-refractivity contribution in [3.63, 3.8) is 0 Å². The lowest BCUT2D eigenvalue weighted by Crippen LogP contribution is -2.26. The van der Waals surface area contributed by atoms with Crippen LogP contribution in [0.1, 0.15) is 0 Å². The fourth-order valence-corrected chi connectivity index (χ4v) is 1.97. The van der Waals surface area contributed by atoms with Crippen LogP contribution in [0.15, 0.2) is 46.9 Å². The highest BCUT2D eigenvalue weighted by Crippen LogP contribution is 2.23. The van der Waals surface area contributed by atoms with Crippen molar-refractivity contribution in [2.45, 2.75) is 6.10 Å². The summed E-state index contributed by atoms with van der Waals surface area (Å²) in [7, 11) is 0. The minimum atomic E-state index is -0.851. The Bertz CT molecular complexity index is 596. The van der Waals surface area contributed by atoms with E-state index >= 15 is 0 Å². The standard InChI is InChI=1S/C15H14BrF2NO2/c16-12-6-14(18)15(7-13(12)17)19-8-10(20)9-21-11-4-2-1-3-5-11/h1-7,10,19-20H,8-9H2. The van der Waals surface area contributed by atoms with Crippen LogP contribution in [0.5, 0.6) is 5.75 Å². The van der Waals surface area contributed by atoms with Crippen LogP contribution >= 0.6 is 15.9 Å². The molecule has 0 spiro atoms. The van der Waals surface area contributed by atoms with Crippen molar-refractivity contribution in [2.75, 3.05) is 18.5 Å².